The van der Waals surface area contributed by atoms with E-state index in [4.69, 9.17) is 14.2 Å². The molecular formula is C24H41N5O5. The minimum atomic E-state index is -0.406. The maximum Gasteiger partial charge on any atom is 0.325 e. The van der Waals surface area contributed by atoms with Gasteiger partial charge in [0.05, 0.1) is 18.9 Å². The van der Waals surface area contributed by atoms with Gasteiger partial charge in [0.25, 0.3) is 0 Å². The molecule has 1 aromatic carbocycles. The molecule has 1 fully saturated rings. The van der Waals surface area contributed by atoms with Crippen molar-refractivity contribution in [2.75, 3.05) is 96.7 Å². The van der Waals surface area contributed by atoms with Gasteiger partial charge in [0.2, 0.25) is 0 Å². The lowest BCUT2D eigenvalue weighted by Gasteiger charge is -2.26. The first-order valence-electron chi connectivity index (χ1n) is 12.3. The minimum Gasteiger partial charge on any atom is -0.490 e. The Morgan fingerprint density at radius 2 is 1.38 bits per heavy atom. The highest BCUT2D eigenvalue weighted by Crippen LogP contribution is 2.28. The van der Waals surface area contributed by atoms with Gasteiger partial charge >= 0.3 is 11.9 Å². The number of anilines is 1. The van der Waals surface area contributed by atoms with E-state index in [0.717, 1.165) is 58.9 Å². The second-order valence-electron chi connectivity index (χ2n) is 7.87. The Balaban J connectivity index is 1.99. The zero-order chi connectivity index (χ0) is 24.4. The van der Waals surface area contributed by atoms with Crippen LogP contribution in [-0.2, 0) is 19.1 Å². The molecule has 1 aromatic rings. The van der Waals surface area contributed by atoms with E-state index in [1.54, 1.807) is 18.7 Å². The fraction of sp³-hybridized carbons (Fsp3) is 0.667. The second kappa shape index (κ2) is 17.1. The molecule has 192 valence electrons. The van der Waals surface area contributed by atoms with Crippen molar-refractivity contribution in [1.82, 2.24) is 20.9 Å². The molecule has 2 rings (SSSR count). The average Bonchev–Trinajstić information content (AvgIpc) is 2.81. The minimum absolute atomic E-state index is 0.0641. The number of hydrogen-bond donors (Lipinski definition) is 3. The summed E-state index contributed by atoms with van der Waals surface area (Å²) in [6, 6.07) is 7.43. The van der Waals surface area contributed by atoms with Crippen LogP contribution in [0, 0.1) is 0 Å². The predicted molar refractivity (Wildman–Crippen MR) is 132 cm³/mol. The summed E-state index contributed by atoms with van der Waals surface area (Å²) in [7, 11) is 0. The third-order valence-corrected chi connectivity index (χ3v) is 5.29. The summed E-state index contributed by atoms with van der Waals surface area (Å²) in [6.45, 7) is 12.8. The summed E-state index contributed by atoms with van der Waals surface area (Å²) >= 11 is 0. The van der Waals surface area contributed by atoms with Crippen molar-refractivity contribution < 1.29 is 23.8 Å². The molecule has 1 aliphatic heterocycles. The van der Waals surface area contributed by atoms with Crippen molar-refractivity contribution in [3.8, 4) is 5.75 Å². The molecule has 0 atom stereocenters. The molecule has 10 heteroatoms. The molecule has 0 bridgehead atoms. The first-order chi connectivity index (χ1) is 16.6. The van der Waals surface area contributed by atoms with Crippen LogP contribution in [0.5, 0.6) is 5.75 Å². The molecule has 0 aliphatic carbocycles. The molecule has 0 unspecified atom stereocenters. The van der Waals surface area contributed by atoms with E-state index in [1.165, 1.54) is 0 Å². The topological polar surface area (TPSA) is 104 Å². The molecule has 3 N–H and O–H groups in total. The van der Waals surface area contributed by atoms with E-state index in [1.807, 2.05) is 24.3 Å². The Kier molecular flexibility index (Phi) is 14.0. The van der Waals surface area contributed by atoms with Gasteiger partial charge < -0.3 is 35.1 Å². The number of ether oxygens (including phenoxy) is 3. The largest absolute Gasteiger partial charge is 0.490 e. The maximum atomic E-state index is 12.2. The molecule has 1 saturated heterocycles. The lowest BCUT2D eigenvalue weighted by Crippen LogP contribution is -2.43. The molecule has 1 aliphatic rings. The third-order valence-electron chi connectivity index (χ3n) is 5.29. The number of benzene rings is 1. The quantitative estimate of drug-likeness (QED) is 0.378. The van der Waals surface area contributed by atoms with Crippen molar-refractivity contribution in [1.29, 1.82) is 0 Å². The number of hydrogen-bond acceptors (Lipinski definition) is 10. The third kappa shape index (κ3) is 11.1. The van der Waals surface area contributed by atoms with Crippen molar-refractivity contribution in [2.45, 2.75) is 13.8 Å². The standard InChI is InChI=1S/C24H41N5O5/c1-3-32-23(30)19-29(20-24(31)33-4-2)21-7-5-6-8-22(21)34-18-17-28-15-13-26-11-9-25-10-12-27-14-16-28/h5-8,25-27H,3-4,9-20H2,1-2H3. The number of rotatable bonds is 11. The van der Waals surface area contributed by atoms with Crippen LogP contribution < -0.4 is 25.6 Å². The summed E-state index contributed by atoms with van der Waals surface area (Å²) in [4.78, 5) is 28.4. The number of para-hydroxylation sites is 2. The van der Waals surface area contributed by atoms with Gasteiger partial charge in [-0.1, -0.05) is 12.1 Å². The first kappa shape index (κ1) is 27.8. The van der Waals surface area contributed by atoms with Gasteiger partial charge in [-0.05, 0) is 26.0 Å². The molecule has 0 saturated carbocycles. The van der Waals surface area contributed by atoms with Gasteiger partial charge in [-0.3, -0.25) is 14.5 Å². The van der Waals surface area contributed by atoms with Gasteiger partial charge in [-0.15, -0.1) is 0 Å². The number of carbonyl (C=O) groups is 2. The highest BCUT2D eigenvalue weighted by Gasteiger charge is 2.20. The van der Waals surface area contributed by atoms with Gasteiger partial charge in [0, 0.05) is 58.9 Å². The van der Waals surface area contributed by atoms with E-state index < -0.39 is 11.9 Å². The molecule has 34 heavy (non-hydrogen) atoms. The Bertz CT molecular complexity index is 689. The van der Waals surface area contributed by atoms with E-state index in [-0.39, 0.29) is 26.3 Å². The summed E-state index contributed by atoms with van der Waals surface area (Å²) in [5.41, 5.74) is 0.660. The van der Waals surface area contributed by atoms with Crippen LogP contribution in [0.3, 0.4) is 0 Å². The summed E-state index contributed by atoms with van der Waals surface area (Å²) < 4.78 is 16.3. The predicted octanol–water partition coefficient (Wildman–Crippen LogP) is 0.0824. The summed E-state index contributed by atoms with van der Waals surface area (Å²) in [5, 5.41) is 10.3. The smallest absolute Gasteiger partial charge is 0.325 e. The molecule has 0 amide bonds. The van der Waals surface area contributed by atoms with E-state index >= 15 is 0 Å². The number of nitrogens with zero attached hydrogens (tertiary/aromatic N) is 2. The van der Waals surface area contributed by atoms with Crippen LogP contribution in [0.1, 0.15) is 13.8 Å². The molecule has 0 radical (unpaired) electrons. The number of carbonyl (C=O) groups excluding carboxylic acids is 2. The van der Waals surface area contributed by atoms with Crippen molar-refractivity contribution in [3.63, 3.8) is 0 Å². The molecule has 0 aromatic heterocycles. The Hall–Kier alpha value is -2.40. The highest BCUT2D eigenvalue weighted by atomic mass is 16.5. The van der Waals surface area contributed by atoms with Gasteiger partial charge in [-0.2, -0.15) is 0 Å². The van der Waals surface area contributed by atoms with Crippen LogP contribution >= 0.6 is 0 Å². The molecular weight excluding hydrogens is 438 g/mol. The van der Waals surface area contributed by atoms with Crippen LogP contribution in [0.25, 0.3) is 0 Å². The zero-order valence-electron chi connectivity index (χ0n) is 20.6. The summed E-state index contributed by atoms with van der Waals surface area (Å²) in [6.07, 6.45) is 0. The monoisotopic (exact) mass is 479 g/mol. The SMILES string of the molecule is CCOC(=O)CN(CC(=O)OCC)c1ccccc1OCCN1CCNCCNCCNCC1. The average molecular weight is 480 g/mol. The van der Waals surface area contributed by atoms with Crippen LogP contribution in [0.15, 0.2) is 24.3 Å². The lowest BCUT2D eigenvalue weighted by molar-refractivity contribution is -0.142. The van der Waals surface area contributed by atoms with Crippen molar-refractivity contribution in [3.05, 3.63) is 24.3 Å². The fourth-order valence-corrected chi connectivity index (χ4v) is 3.61. The lowest BCUT2D eigenvalue weighted by atomic mass is 10.2. The normalized spacial score (nSPS) is 16.1. The van der Waals surface area contributed by atoms with Gasteiger partial charge in [0.15, 0.2) is 0 Å². The highest BCUT2D eigenvalue weighted by molar-refractivity contribution is 5.82. The first-order valence-corrected chi connectivity index (χ1v) is 12.3. The molecule has 10 nitrogen and oxygen atoms in total. The van der Waals surface area contributed by atoms with Gasteiger partial charge in [-0.25, -0.2) is 0 Å². The molecule has 0 spiro atoms. The maximum absolute atomic E-state index is 12.2. The van der Waals surface area contributed by atoms with Gasteiger partial charge in [0.1, 0.15) is 25.4 Å². The van der Waals surface area contributed by atoms with E-state index in [2.05, 4.69) is 20.9 Å². The van der Waals surface area contributed by atoms with Crippen LogP contribution in [0.2, 0.25) is 0 Å². The zero-order valence-corrected chi connectivity index (χ0v) is 20.6. The number of esters is 2. The Labute approximate surface area is 203 Å². The van der Waals surface area contributed by atoms with E-state index in [9.17, 15) is 9.59 Å². The van der Waals surface area contributed by atoms with Crippen molar-refractivity contribution >= 4 is 17.6 Å². The number of nitrogens with one attached hydrogen (secondary N) is 3. The van der Waals surface area contributed by atoms with Crippen LogP contribution in [0.4, 0.5) is 5.69 Å². The van der Waals surface area contributed by atoms with E-state index in [0.29, 0.717) is 18.0 Å². The molecule has 1 heterocycles. The summed E-state index contributed by atoms with van der Waals surface area (Å²) in [5.74, 6) is -0.194. The fourth-order valence-electron chi connectivity index (χ4n) is 3.61. The van der Waals surface area contributed by atoms with Crippen LogP contribution in [-0.4, -0.2) is 109 Å². The Morgan fingerprint density at radius 3 is 1.94 bits per heavy atom. The second-order valence-corrected chi connectivity index (χ2v) is 7.87. The Morgan fingerprint density at radius 1 is 0.853 bits per heavy atom. The van der Waals surface area contributed by atoms with Crippen molar-refractivity contribution in [2.24, 2.45) is 0 Å².